The molecule has 0 saturated carbocycles. The summed E-state index contributed by atoms with van der Waals surface area (Å²) >= 11 is 0. The summed E-state index contributed by atoms with van der Waals surface area (Å²) in [5.74, 6) is 1.12. The van der Waals surface area contributed by atoms with Crippen LogP contribution in [0.25, 0.3) is 0 Å². The van der Waals surface area contributed by atoms with E-state index in [1.807, 2.05) is 32.9 Å². The topological polar surface area (TPSA) is 47.6 Å². The first-order chi connectivity index (χ1) is 8.11. The number of ether oxygens (including phenoxy) is 2. The first-order valence-corrected chi connectivity index (χ1v) is 5.78. The van der Waals surface area contributed by atoms with Crippen molar-refractivity contribution in [2.24, 2.45) is 5.92 Å². The van der Waals surface area contributed by atoms with Gasteiger partial charge in [0.1, 0.15) is 5.75 Å². The van der Waals surface area contributed by atoms with Crippen LogP contribution in [-0.2, 0) is 4.74 Å². The van der Waals surface area contributed by atoms with Crippen LogP contribution in [0, 0.1) is 5.92 Å². The molecule has 0 radical (unpaired) electrons. The van der Waals surface area contributed by atoms with E-state index in [2.05, 4.69) is 5.32 Å². The Morgan fingerprint density at radius 2 is 1.94 bits per heavy atom. The molecule has 4 heteroatoms. The van der Waals surface area contributed by atoms with Crippen LogP contribution in [0.4, 0.5) is 10.5 Å². The van der Waals surface area contributed by atoms with Gasteiger partial charge in [0, 0.05) is 5.69 Å². The van der Waals surface area contributed by atoms with E-state index in [0.717, 1.165) is 5.75 Å². The minimum atomic E-state index is -0.428. The predicted octanol–water partition coefficient (Wildman–Crippen LogP) is 3.29. The maximum Gasteiger partial charge on any atom is 0.411 e. The van der Waals surface area contributed by atoms with Crippen LogP contribution in [0.1, 0.15) is 20.8 Å². The summed E-state index contributed by atoms with van der Waals surface area (Å²) in [5, 5.41) is 2.65. The highest BCUT2D eigenvalue weighted by Gasteiger charge is 2.04. The molecular formula is C13H19NO3. The van der Waals surface area contributed by atoms with E-state index in [4.69, 9.17) is 9.47 Å². The SMILES string of the molecule is CCOc1ccc(NC(=O)OCC(C)C)cc1. The van der Waals surface area contributed by atoms with E-state index in [0.29, 0.717) is 24.8 Å². The number of hydrogen-bond acceptors (Lipinski definition) is 3. The maximum atomic E-state index is 11.4. The van der Waals surface area contributed by atoms with Crippen LogP contribution >= 0.6 is 0 Å². The summed E-state index contributed by atoms with van der Waals surface area (Å²) in [5.41, 5.74) is 0.696. The molecule has 17 heavy (non-hydrogen) atoms. The molecule has 0 spiro atoms. The molecular weight excluding hydrogens is 218 g/mol. The molecule has 0 bridgehead atoms. The fraction of sp³-hybridized carbons (Fsp3) is 0.462. The molecule has 0 saturated heterocycles. The lowest BCUT2D eigenvalue weighted by molar-refractivity contribution is 0.147. The van der Waals surface area contributed by atoms with Gasteiger partial charge in [-0.1, -0.05) is 13.8 Å². The van der Waals surface area contributed by atoms with Crippen LogP contribution in [0.15, 0.2) is 24.3 Å². The fourth-order valence-electron chi connectivity index (χ4n) is 1.20. The van der Waals surface area contributed by atoms with Gasteiger partial charge < -0.3 is 9.47 Å². The third-order valence-electron chi connectivity index (χ3n) is 1.96. The van der Waals surface area contributed by atoms with Gasteiger partial charge >= 0.3 is 6.09 Å². The number of nitrogens with one attached hydrogen (secondary N) is 1. The van der Waals surface area contributed by atoms with E-state index in [1.54, 1.807) is 12.1 Å². The lowest BCUT2D eigenvalue weighted by atomic mass is 10.2. The van der Waals surface area contributed by atoms with Crippen molar-refractivity contribution in [3.8, 4) is 5.75 Å². The third-order valence-corrected chi connectivity index (χ3v) is 1.96. The number of benzene rings is 1. The van der Waals surface area contributed by atoms with Crippen molar-refractivity contribution in [2.75, 3.05) is 18.5 Å². The minimum absolute atomic E-state index is 0.334. The lowest BCUT2D eigenvalue weighted by Crippen LogP contribution is -2.16. The first kappa shape index (κ1) is 13.4. The van der Waals surface area contributed by atoms with Crippen molar-refractivity contribution < 1.29 is 14.3 Å². The molecule has 0 fully saturated rings. The van der Waals surface area contributed by atoms with Crippen LogP contribution in [-0.4, -0.2) is 19.3 Å². The number of hydrogen-bond donors (Lipinski definition) is 1. The smallest absolute Gasteiger partial charge is 0.411 e. The highest BCUT2D eigenvalue weighted by Crippen LogP contribution is 2.15. The largest absolute Gasteiger partial charge is 0.494 e. The summed E-state index contributed by atoms with van der Waals surface area (Å²) in [4.78, 5) is 11.4. The second-order valence-corrected chi connectivity index (χ2v) is 4.07. The van der Waals surface area contributed by atoms with Crippen molar-refractivity contribution in [1.82, 2.24) is 0 Å². The van der Waals surface area contributed by atoms with Crippen molar-refractivity contribution in [1.29, 1.82) is 0 Å². The van der Waals surface area contributed by atoms with Gasteiger partial charge in [-0.15, -0.1) is 0 Å². The van der Waals surface area contributed by atoms with Crippen LogP contribution in [0.5, 0.6) is 5.75 Å². The summed E-state index contributed by atoms with van der Waals surface area (Å²) in [7, 11) is 0. The third kappa shape index (κ3) is 5.24. The monoisotopic (exact) mass is 237 g/mol. The summed E-state index contributed by atoms with van der Waals surface area (Å²) in [6.07, 6.45) is -0.428. The number of anilines is 1. The van der Waals surface area contributed by atoms with E-state index in [1.165, 1.54) is 0 Å². The van der Waals surface area contributed by atoms with Gasteiger partial charge in [-0.2, -0.15) is 0 Å². The predicted molar refractivity (Wildman–Crippen MR) is 67.4 cm³/mol. The Kier molecular flexibility index (Phi) is 5.33. The van der Waals surface area contributed by atoms with Gasteiger partial charge in [-0.25, -0.2) is 4.79 Å². The Morgan fingerprint density at radius 3 is 2.47 bits per heavy atom. The van der Waals surface area contributed by atoms with E-state index in [-0.39, 0.29) is 0 Å². The molecule has 94 valence electrons. The molecule has 0 aliphatic heterocycles. The quantitative estimate of drug-likeness (QED) is 0.854. The molecule has 1 rings (SSSR count). The second kappa shape index (κ2) is 6.78. The molecule has 1 aromatic rings. The molecule has 1 N–H and O–H groups in total. The molecule has 0 aliphatic carbocycles. The number of rotatable bonds is 5. The highest BCUT2D eigenvalue weighted by atomic mass is 16.5. The zero-order valence-electron chi connectivity index (χ0n) is 10.5. The number of amides is 1. The Balaban J connectivity index is 2.43. The molecule has 0 aliphatic rings. The summed E-state index contributed by atoms with van der Waals surface area (Å²) in [6.45, 7) is 6.95. The van der Waals surface area contributed by atoms with Crippen molar-refractivity contribution >= 4 is 11.8 Å². The molecule has 0 heterocycles. The van der Waals surface area contributed by atoms with Crippen molar-refractivity contribution in [3.63, 3.8) is 0 Å². The zero-order chi connectivity index (χ0) is 12.7. The molecule has 0 unspecified atom stereocenters. The lowest BCUT2D eigenvalue weighted by Gasteiger charge is -2.09. The Bertz CT molecular complexity index is 346. The Labute approximate surface area is 102 Å². The van der Waals surface area contributed by atoms with E-state index in [9.17, 15) is 4.79 Å². The molecule has 4 nitrogen and oxygen atoms in total. The molecule has 1 amide bonds. The number of carbonyl (C=O) groups excluding carboxylic acids is 1. The van der Waals surface area contributed by atoms with E-state index >= 15 is 0 Å². The normalized spacial score (nSPS) is 10.1. The first-order valence-electron chi connectivity index (χ1n) is 5.78. The summed E-state index contributed by atoms with van der Waals surface area (Å²) < 4.78 is 10.3. The fourth-order valence-corrected chi connectivity index (χ4v) is 1.20. The average molecular weight is 237 g/mol. The highest BCUT2D eigenvalue weighted by molar-refractivity contribution is 5.84. The number of carbonyl (C=O) groups is 1. The second-order valence-electron chi connectivity index (χ2n) is 4.07. The van der Waals surface area contributed by atoms with Gasteiger partial charge in [0.15, 0.2) is 0 Å². The Hall–Kier alpha value is -1.71. The average Bonchev–Trinajstić information content (AvgIpc) is 2.29. The van der Waals surface area contributed by atoms with Crippen molar-refractivity contribution in [2.45, 2.75) is 20.8 Å². The van der Waals surface area contributed by atoms with Crippen LogP contribution in [0.2, 0.25) is 0 Å². The molecule has 1 aromatic carbocycles. The standard InChI is InChI=1S/C13H19NO3/c1-4-16-12-7-5-11(6-8-12)14-13(15)17-9-10(2)3/h5-8,10H,4,9H2,1-3H3,(H,14,15). The van der Waals surface area contributed by atoms with Crippen molar-refractivity contribution in [3.05, 3.63) is 24.3 Å². The summed E-state index contributed by atoms with van der Waals surface area (Å²) in [6, 6.07) is 7.17. The van der Waals surface area contributed by atoms with Gasteiger partial charge in [-0.3, -0.25) is 5.32 Å². The maximum absolute atomic E-state index is 11.4. The van der Waals surface area contributed by atoms with Gasteiger partial charge in [0.25, 0.3) is 0 Å². The minimum Gasteiger partial charge on any atom is -0.494 e. The van der Waals surface area contributed by atoms with Gasteiger partial charge in [-0.05, 0) is 37.1 Å². The molecule has 0 atom stereocenters. The van der Waals surface area contributed by atoms with Gasteiger partial charge in [0.2, 0.25) is 0 Å². The van der Waals surface area contributed by atoms with Crippen LogP contribution in [0.3, 0.4) is 0 Å². The zero-order valence-corrected chi connectivity index (χ0v) is 10.5. The van der Waals surface area contributed by atoms with E-state index < -0.39 is 6.09 Å². The van der Waals surface area contributed by atoms with Gasteiger partial charge in [0.05, 0.1) is 13.2 Å². The Morgan fingerprint density at radius 1 is 1.29 bits per heavy atom. The van der Waals surface area contributed by atoms with Crippen LogP contribution < -0.4 is 10.1 Å². The molecule has 0 aromatic heterocycles.